The van der Waals surface area contributed by atoms with Crippen molar-refractivity contribution in [2.24, 2.45) is 10.6 Å². The molecule has 0 saturated heterocycles. The summed E-state index contributed by atoms with van der Waals surface area (Å²) in [6.07, 6.45) is 0.866. The minimum Gasteiger partial charge on any atom is -0.390 e. The SMILES string of the molecule is CC(C)(C)CC(=O)N(Cc1ccccc1)C[C@H]1CC(c2ccc(F)cc2)=NO1. The molecular formula is C23H27FN2O2. The maximum absolute atomic E-state index is 13.1. The van der Waals surface area contributed by atoms with Crippen molar-refractivity contribution < 1.29 is 14.0 Å². The number of carbonyl (C=O) groups excluding carboxylic acids is 1. The van der Waals surface area contributed by atoms with Crippen LogP contribution in [0.15, 0.2) is 59.8 Å². The summed E-state index contributed by atoms with van der Waals surface area (Å²) in [6, 6.07) is 16.2. The molecule has 0 aromatic heterocycles. The molecule has 1 aliphatic heterocycles. The van der Waals surface area contributed by atoms with E-state index in [0.29, 0.717) is 25.9 Å². The standard InChI is InChI=1S/C23H27FN2O2/c1-23(2,3)14-22(27)26(15-17-7-5-4-6-8-17)16-20-13-21(25-28-20)18-9-11-19(24)12-10-18/h4-12,20H,13-16H2,1-3H3/t20-/m1/s1. The molecule has 4 nitrogen and oxygen atoms in total. The lowest BCUT2D eigenvalue weighted by Crippen LogP contribution is -2.38. The molecule has 2 aromatic rings. The molecule has 1 amide bonds. The maximum Gasteiger partial charge on any atom is 0.223 e. The van der Waals surface area contributed by atoms with Crippen LogP contribution in [0.4, 0.5) is 4.39 Å². The lowest BCUT2D eigenvalue weighted by molar-refractivity contribution is -0.135. The van der Waals surface area contributed by atoms with Gasteiger partial charge in [-0.25, -0.2) is 4.39 Å². The lowest BCUT2D eigenvalue weighted by Gasteiger charge is -2.28. The van der Waals surface area contributed by atoms with Crippen LogP contribution in [-0.2, 0) is 16.2 Å². The average molecular weight is 382 g/mol. The summed E-state index contributed by atoms with van der Waals surface area (Å²) in [7, 11) is 0. The molecule has 0 bridgehead atoms. The highest BCUT2D eigenvalue weighted by atomic mass is 19.1. The van der Waals surface area contributed by atoms with Crippen LogP contribution in [0.5, 0.6) is 0 Å². The van der Waals surface area contributed by atoms with Gasteiger partial charge in [0, 0.05) is 19.4 Å². The van der Waals surface area contributed by atoms with Gasteiger partial charge >= 0.3 is 0 Å². The third-order valence-corrected chi connectivity index (χ3v) is 4.58. The molecule has 0 unspecified atom stereocenters. The van der Waals surface area contributed by atoms with Gasteiger partial charge in [0.05, 0.1) is 12.3 Å². The Morgan fingerprint density at radius 1 is 1.14 bits per heavy atom. The molecule has 28 heavy (non-hydrogen) atoms. The van der Waals surface area contributed by atoms with Crippen LogP contribution < -0.4 is 0 Å². The molecule has 1 atom stereocenters. The molecule has 2 aromatic carbocycles. The predicted molar refractivity (Wildman–Crippen MR) is 108 cm³/mol. The number of oxime groups is 1. The zero-order chi connectivity index (χ0) is 20.1. The van der Waals surface area contributed by atoms with Gasteiger partial charge in [-0.15, -0.1) is 0 Å². The molecule has 5 heteroatoms. The second-order valence-electron chi connectivity index (χ2n) is 8.47. The van der Waals surface area contributed by atoms with Crippen LogP contribution >= 0.6 is 0 Å². The van der Waals surface area contributed by atoms with Crippen molar-refractivity contribution in [1.29, 1.82) is 0 Å². The van der Waals surface area contributed by atoms with Gasteiger partial charge in [-0.2, -0.15) is 0 Å². The average Bonchev–Trinajstić information content (AvgIpc) is 3.10. The molecule has 0 spiro atoms. The van der Waals surface area contributed by atoms with E-state index in [0.717, 1.165) is 16.8 Å². The molecule has 0 N–H and O–H groups in total. The first-order valence-electron chi connectivity index (χ1n) is 9.60. The van der Waals surface area contributed by atoms with Crippen molar-refractivity contribution in [2.45, 2.75) is 46.3 Å². The first kappa shape index (κ1) is 20.1. The summed E-state index contributed by atoms with van der Waals surface area (Å²) in [4.78, 5) is 20.4. The van der Waals surface area contributed by atoms with Gasteiger partial charge in [-0.05, 0) is 28.7 Å². The minimum absolute atomic E-state index is 0.0850. The summed E-state index contributed by atoms with van der Waals surface area (Å²) in [5.74, 6) is -0.170. The van der Waals surface area contributed by atoms with Crippen molar-refractivity contribution in [1.82, 2.24) is 4.90 Å². The maximum atomic E-state index is 13.1. The highest BCUT2D eigenvalue weighted by Gasteiger charge is 2.28. The van der Waals surface area contributed by atoms with Gasteiger partial charge in [0.2, 0.25) is 5.91 Å². The normalized spacial score (nSPS) is 16.4. The topological polar surface area (TPSA) is 41.9 Å². The fourth-order valence-corrected chi connectivity index (χ4v) is 3.21. The van der Waals surface area contributed by atoms with Crippen LogP contribution in [0, 0.1) is 11.2 Å². The molecule has 1 heterocycles. The molecule has 0 aliphatic carbocycles. The summed E-state index contributed by atoms with van der Waals surface area (Å²) in [6.45, 7) is 7.20. The lowest BCUT2D eigenvalue weighted by atomic mass is 9.91. The predicted octanol–water partition coefficient (Wildman–Crippen LogP) is 4.78. The van der Waals surface area contributed by atoms with Gasteiger partial charge in [-0.3, -0.25) is 4.79 Å². The van der Waals surface area contributed by atoms with Gasteiger partial charge in [0.15, 0.2) is 6.10 Å². The van der Waals surface area contributed by atoms with Gasteiger partial charge in [-0.1, -0.05) is 68.4 Å². The van der Waals surface area contributed by atoms with Crippen LogP contribution in [-0.4, -0.2) is 29.2 Å². The number of benzene rings is 2. The van der Waals surface area contributed by atoms with Crippen molar-refractivity contribution in [3.05, 3.63) is 71.5 Å². The third-order valence-electron chi connectivity index (χ3n) is 4.58. The Labute approximate surface area is 166 Å². The number of nitrogens with zero attached hydrogens (tertiary/aromatic N) is 2. The molecular weight excluding hydrogens is 355 g/mol. The second kappa shape index (κ2) is 8.55. The zero-order valence-electron chi connectivity index (χ0n) is 16.7. The van der Waals surface area contributed by atoms with Crippen molar-refractivity contribution in [2.75, 3.05) is 6.54 Å². The zero-order valence-corrected chi connectivity index (χ0v) is 16.7. The number of hydrogen-bond donors (Lipinski definition) is 0. The number of amides is 1. The van der Waals surface area contributed by atoms with Crippen LogP contribution in [0.1, 0.15) is 44.7 Å². The van der Waals surface area contributed by atoms with Crippen LogP contribution in [0.3, 0.4) is 0 Å². The van der Waals surface area contributed by atoms with E-state index in [2.05, 4.69) is 25.9 Å². The monoisotopic (exact) mass is 382 g/mol. The Bertz CT molecular complexity index is 826. The highest BCUT2D eigenvalue weighted by molar-refractivity contribution is 6.01. The number of rotatable bonds is 6. The Morgan fingerprint density at radius 3 is 2.46 bits per heavy atom. The minimum atomic E-state index is -0.276. The summed E-state index contributed by atoms with van der Waals surface area (Å²) >= 11 is 0. The smallest absolute Gasteiger partial charge is 0.223 e. The fourth-order valence-electron chi connectivity index (χ4n) is 3.21. The molecule has 148 valence electrons. The first-order chi connectivity index (χ1) is 13.3. The third kappa shape index (κ3) is 5.65. The number of carbonyl (C=O) groups is 1. The Balaban J connectivity index is 1.67. The summed E-state index contributed by atoms with van der Waals surface area (Å²) in [5.41, 5.74) is 2.63. The fraction of sp³-hybridized carbons (Fsp3) is 0.391. The van der Waals surface area contributed by atoms with E-state index >= 15 is 0 Å². The Kier molecular flexibility index (Phi) is 6.12. The van der Waals surface area contributed by atoms with Gasteiger partial charge in [0.1, 0.15) is 5.82 Å². The quantitative estimate of drug-likeness (QED) is 0.721. The molecule has 0 fully saturated rings. The van der Waals surface area contributed by atoms with E-state index in [9.17, 15) is 9.18 Å². The molecule has 0 saturated carbocycles. The Morgan fingerprint density at radius 2 is 1.82 bits per heavy atom. The van der Waals surface area contributed by atoms with E-state index in [1.54, 1.807) is 12.1 Å². The molecule has 3 rings (SSSR count). The Hall–Kier alpha value is -2.69. The second-order valence-corrected chi connectivity index (χ2v) is 8.47. The number of hydrogen-bond acceptors (Lipinski definition) is 3. The van der Waals surface area contributed by atoms with Crippen molar-refractivity contribution in [3.63, 3.8) is 0 Å². The van der Waals surface area contributed by atoms with E-state index < -0.39 is 0 Å². The number of halogens is 1. The van der Waals surface area contributed by atoms with Crippen molar-refractivity contribution >= 4 is 11.6 Å². The summed E-state index contributed by atoms with van der Waals surface area (Å²) < 4.78 is 13.1. The highest BCUT2D eigenvalue weighted by Crippen LogP contribution is 2.23. The van der Waals surface area contributed by atoms with Crippen LogP contribution in [0.2, 0.25) is 0 Å². The van der Waals surface area contributed by atoms with E-state index in [-0.39, 0.29) is 23.2 Å². The van der Waals surface area contributed by atoms with E-state index in [1.165, 1.54) is 12.1 Å². The first-order valence-corrected chi connectivity index (χ1v) is 9.60. The van der Waals surface area contributed by atoms with Crippen molar-refractivity contribution in [3.8, 4) is 0 Å². The summed E-state index contributed by atoms with van der Waals surface area (Å²) in [5, 5.41) is 4.17. The largest absolute Gasteiger partial charge is 0.390 e. The van der Waals surface area contributed by atoms with Gasteiger partial charge < -0.3 is 9.74 Å². The van der Waals surface area contributed by atoms with Gasteiger partial charge in [0.25, 0.3) is 0 Å². The van der Waals surface area contributed by atoms with E-state index in [4.69, 9.17) is 4.84 Å². The van der Waals surface area contributed by atoms with Crippen LogP contribution in [0.25, 0.3) is 0 Å². The molecule has 1 aliphatic rings. The molecule has 0 radical (unpaired) electrons. The van der Waals surface area contributed by atoms with E-state index in [1.807, 2.05) is 35.2 Å².